The lowest BCUT2D eigenvalue weighted by Crippen LogP contribution is -2.13. The van der Waals surface area contributed by atoms with Crippen molar-refractivity contribution in [2.75, 3.05) is 0 Å². The summed E-state index contributed by atoms with van der Waals surface area (Å²) in [5.41, 5.74) is -2.04. The molecule has 0 radical (unpaired) electrons. The highest BCUT2D eigenvalue weighted by molar-refractivity contribution is 7.53. The first-order valence-corrected chi connectivity index (χ1v) is 7.02. The van der Waals surface area contributed by atoms with Crippen molar-refractivity contribution in [1.29, 1.82) is 0 Å². The molecule has 0 fully saturated rings. The largest absolute Gasteiger partial charge is 0.328 e. The van der Waals surface area contributed by atoms with Crippen molar-refractivity contribution in [3.63, 3.8) is 0 Å². The molecule has 4 N–H and O–H groups in total. The van der Waals surface area contributed by atoms with E-state index in [-0.39, 0.29) is 6.42 Å². The molecule has 0 aromatic carbocycles. The molecule has 0 saturated carbocycles. The highest BCUT2D eigenvalue weighted by atomic mass is 31.2. The molecular formula is C5H14O6P2. The Labute approximate surface area is 76.3 Å². The molecular weight excluding hydrogens is 218 g/mol. The molecule has 2 atom stereocenters. The zero-order valence-electron chi connectivity index (χ0n) is 7.36. The van der Waals surface area contributed by atoms with Gasteiger partial charge in [-0.2, -0.15) is 0 Å². The maximum atomic E-state index is 10.6. The van der Waals surface area contributed by atoms with E-state index in [1.165, 1.54) is 13.8 Å². The molecule has 0 bridgehead atoms. The summed E-state index contributed by atoms with van der Waals surface area (Å²) >= 11 is 0. The third-order valence-electron chi connectivity index (χ3n) is 1.83. The van der Waals surface area contributed by atoms with Crippen molar-refractivity contribution in [2.45, 2.75) is 31.6 Å². The molecule has 0 spiro atoms. The van der Waals surface area contributed by atoms with Gasteiger partial charge in [-0.05, 0) is 6.42 Å². The van der Waals surface area contributed by atoms with Gasteiger partial charge in [-0.15, -0.1) is 0 Å². The minimum Gasteiger partial charge on any atom is -0.324 e. The Morgan fingerprint density at radius 1 is 0.923 bits per heavy atom. The predicted octanol–water partition coefficient (Wildman–Crippen LogP) is 0.509. The van der Waals surface area contributed by atoms with Gasteiger partial charge in [0, 0.05) is 0 Å². The quantitative estimate of drug-likeness (QED) is 0.525. The monoisotopic (exact) mass is 232 g/mol. The normalized spacial score (nSPS) is 18.3. The number of rotatable bonds is 4. The molecule has 0 aliphatic rings. The van der Waals surface area contributed by atoms with Crippen LogP contribution >= 0.6 is 15.2 Å². The zero-order chi connectivity index (χ0) is 10.9. The highest BCUT2D eigenvalue weighted by Crippen LogP contribution is 2.49. The molecule has 0 heterocycles. The summed E-state index contributed by atoms with van der Waals surface area (Å²) in [4.78, 5) is 34.6. The van der Waals surface area contributed by atoms with Crippen LogP contribution in [0.25, 0.3) is 0 Å². The first-order chi connectivity index (χ1) is 5.55. The van der Waals surface area contributed by atoms with E-state index in [1.54, 1.807) is 0 Å². The Bertz CT molecular complexity index is 226. The highest BCUT2D eigenvalue weighted by Gasteiger charge is 2.32. The molecule has 0 saturated heterocycles. The molecule has 8 heteroatoms. The van der Waals surface area contributed by atoms with E-state index >= 15 is 0 Å². The van der Waals surface area contributed by atoms with Crippen molar-refractivity contribution >= 4 is 15.2 Å². The van der Waals surface area contributed by atoms with E-state index in [9.17, 15) is 9.13 Å². The minimum absolute atomic E-state index is 0.186. The van der Waals surface area contributed by atoms with E-state index in [0.29, 0.717) is 0 Å². The van der Waals surface area contributed by atoms with Crippen molar-refractivity contribution < 1.29 is 28.7 Å². The van der Waals surface area contributed by atoms with Crippen LogP contribution < -0.4 is 0 Å². The average Bonchev–Trinajstić information content (AvgIpc) is 1.82. The lowest BCUT2D eigenvalue weighted by atomic mass is 10.3. The van der Waals surface area contributed by atoms with Gasteiger partial charge in [0.25, 0.3) is 0 Å². The second kappa shape index (κ2) is 4.22. The van der Waals surface area contributed by atoms with E-state index in [4.69, 9.17) is 19.6 Å². The van der Waals surface area contributed by atoms with Gasteiger partial charge < -0.3 is 19.6 Å². The molecule has 6 nitrogen and oxygen atoms in total. The predicted molar refractivity (Wildman–Crippen MR) is 47.6 cm³/mol. The van der Waals surface area contributed by atoms with Crippen LogP contribution in [-0.4, -0.2) is 30.9 Å². The Morgan fingerprint density at radius 2 is 1.15 bits per heavy atom. The van der Waals surface area contributed by atoms with Crippen LogP contribution in [0.1, 0.15) is 20.3 Å². The van der Waals surface area contributed by atoms with Crippen molar-refractivity contribution in [1.82, 2.24) is 0 Å². The van der Waals surface area contributed by atoms with Gasteiger partial charge in [-0.25, -0.2) is 0 Å². The smallest absolute Gasteiger partial charge is 0.324 e. The van der Waals surface area contributed by atoms with E-state index in [0.717, 1.165) is 0 Å². The summed E-state index contributed by atoms with van der Waals surface area (Å²) < 4.78 is 21.3. The molecule has 0 aliphatic heterocycles. The Hall–Kier alpha value is 0.300. The Kier molecular flexibility index (Phi) is 4.31. The molecule has 80 valence electrons. The van der Waals surface area contributed by atoms with Gasteiger partial charge in [0.15, 0.2) is 0 Å². The summed E-state index contributed by atoms with van der Waals surface area (Å²) in [5, 5.41) is 0. The first-order valence-electron chi connectivity index (χ1n) is 3.65. The third-order valence-corrected chi connectivity index (χ3v) is 4.55. The lowest BCUT2D eigenvalue weighted by Gasteiger charge is -2.18. The summed E-state index contributed by atoms with van der Waals surface area (Å²) in [6.45, 7) is 2.54. The Morgan fingerprint density at radius 3 is 1.31 bits per heavy atom. The first kappa shape index (κ1) is 13.3. The molecule has 0 aromatic rings. The summed E-state index contributed by atoms with van der Waals surface area (Å²) in [5.74, 6) is 0. The molecule has 2 unspecified atom stereocenters. The van der Waals surface area contributed by atoms with Crippen molar-refractivity contribution in [2.24, 2.45) is 0 Å². The molecule has 0 aromatic heterocycles. The van der Waals surface area contributed by atoms with E-state index in [2.05, 4.69) is 0 Å². The van der Waals surface area contributed by atoms with E-state index in [1.807, 2.05) is 0 Å². The fraction of sp³-hybridized carbons (Fsp3) is 1.00. The minimum atomic E-state index is -4.22. The van der Waals surface area contributed by atoms with Gasteiger partial charge in [0.05, 0.1) is 11.3 Å². The van der Waals surface area contributed by atoms with Gasteiger partial charge in [-0.3, -0.25) is 9.13 Å². The van der Waals surface area contributed by atoms with Gasteiger partial charge in [0.1, 0.15) is 0 Å². The Balaban J connectivity index is 4.32. The van der Waals surface area contributed by atoms with Crippen molar-refractivity contribution in [3.8, 4) is 0 Å². The SMILES string of the molecule is CC(CC(C)P(=O)(O)O)P(=O)(O)O. The summed E-state index contributed by atoms with van der Waals surface area (Å²) in [6.07, 6.45) is -0.186. The standard InChI is InChI=1S/C5H14O6P2/c1-4(12(6,7)8)3-5(2)13(9,10)11/h4-5H,3H2,1-2H3,(H2,6,7,8)(H2,9,10,11). The van der Waals surface area contributed by atoms with Crippen LogP contribution in [0.2, 0.25) is 0 Å². The average molecular weight is 232 g/mol. The fourth-order valence-electron chi connectivity index (χ4n) is 0.768. The molecule has 0 rings (SSSR count). The van der Waals surface area contributed by atoms with Gasteiger partial charge >= 0.3 is 15.2 Å². The fourth-order valence-corrected chi connectivity index (χ4v) is 2.12. The molecule has 0 amide bonds. The van der Waals surface area contributed by atoms with Crippen LogP contribution in [0.3, 0.4) is 0 Å². The third kappa shape index (κ3) is 4.91. The van der Waals surface area contributed by atoms with Gasteiger partial charge in [0.2, 0.25) is 0 Å². The second-order valence-electron chi connectivity index (χ2n) is 3.11. The summed E-state index contributed by atoms with van der Waals surface area (Å²) in [7, 11) is -8.45. The topological polar surface area (TPSA) is 115 Å². The summed E-state index contributed by atoms with van der Waals surface area (Å²) in [6, 6.07) is 0. The number of hydrogen-bond donors (Lipinski definition) is 4. The van der Waals surface area contributed by atoms with Gasteiger partial charge in [-0.1, -0.05) is 13.8 Å². The van der Waals surface area contributed by atoms with Crippen LogP contribution in [0.4, 0.5) is 0 Å². The number of hydrogen-bond acceptors (Lipinski definition) is 2. The zero-order valence-corrected chi connectivity index (χ0v) is 9.15. The maximum Gasteiger partial charge on any atom is 0.328 e. The van der Waals surface area contributed by atoms with Crippen LogP contribution in [0.15, 0.2) is 0 Å². The van der Waals surface area contributed by atoms with E-state index < -0.39 is 26.5 Å². The molecule has 0 aliphatic carbocycles. The molecule has 13 heavy (non-hydrogen) atoms. The van der Waals surface area contributed by atoms with Crippen LogP contribution in [-0.2, 0) is 9.13 Å². The maximum absolute atomic E-state index is 10.6. The lowest BCUT2D eigenvalue weighted by molar-refractivity contribution is 0.344. The van der Waals surface area contributed by atoms with Crippen LogP contribution in [0.5, 0.6) is 0 Å². The van der Waals surface area contributed by atoms with Crippen LogP contribution in [0, 0.1) is 0 Å². The second-order valence-corrected chi connectivity index (χ2v) is 7.23. The van der Waals surface area contributed by atoms with Crippen molar-refractivity contribution in [3.05, 3.63) is 0 Å².